The third-order valence-electron chi connectivity index (χ3n) is 5.48. The van der Waals surface area contributed by atoms with Crippen LogP contribution in [0.25, 0.3) is 27.5 Å². The predicted molar refractivity (Wildman–Crippen MR) is 99.6 cm³/mol. The van der Waals surface area contributed by atoms with Gasteiger partial charge in [-0.1, -0.05) is 56.3 Å². The van der Waals surface area contributed by atoms with Crippen molar-refractivity contribution in [2.24, 2.45) is 0 Å². The van der Waals surface area contributed by atoms with E-state index in [9.17, 15) is 10.1 Å². The maximum Gasteiger partial charge on any atom is 0.279 e. The molecule has 0 unspecified atom stereocenters. The van der Waals surface area contributed by atoms with Crippen LogP contribution in [0.5, 0.6) is 0 Å². The molecule has 3 aromatic carbocycles. The third-order valence-corrected chi connectivity index (χ3v) is 5.48. The lowest BCUT2D eigenvalue weighted by Gasteiger charge is -2.34. The molecule has 0 bridgehead atoms. The van der Waals surface area contributed by atoms with Gasteiger partial charge >= 0.3 is 0 Å². The van der Waals surface area contributed by atoms with Crippen LogP contribution in [0.4, 0.5) is 5.69 Å². The molecule has 1 aliphatic heterocycles. The second kappa shape index (κ2) is 4.48. The number of non-ortho nitro benzene ring substituents is 1. The van der Waals surface area contributed by atoms with Gasteiger partial charge in [0.25, 0.3) is 5.69 Å². The average molecular weight is 328 g/mol. The van der Waals surface area contributed by atoms with Crippen LogP contribution in [0.1, 0.15) is 25.0 Å². The molecule has 0 saturated heterocycles. The van der Waals surface area contributed by atoms with E-state index in [1.165, 1.54) is 11.1 Å². The van der Waals surface area contributed by atoms with Gasteiger partial charge in [-0.2, -0.15) is 0 Å². The number of rotatable bonds is 1. The Morgan fingerprint density at radius 1 is 0.920 bits per heavy atom. The Hall–Kier alpha value is -3.14. The summed E-state index contributed by atoms with van der Waals surface area (Å²) >= 11 is 0. The Kier molecular flexibility index (Phi) is 2.55. The highest BCUT2D eigenvalue weighted by Gasteiger charge is 2.35. The van der Waals surface area contributed by atoms with E-state index in [2.05, 4.69) is 42.7 Å². The molecule has 122 valence electrons. The lowest BCUT2D eigenvalue weighted by atomic mass is 9.75. The van der Waals surface area contributed by atoms with Crippen molar-refractivity contribution in [3.8, 4) is 5.69 Å². The summed E-state index contributed by atoms with van der Waals surface area (Å²) in [5, 5.41) is 13.3. The van der Waals surface area contributed by atoms with Crippen LogP contribution >= 0.6 is 0 Å². The summed E-state index contributed by atoms with van der Waals surface area (Å²) in [5.74, 6) is 0. The standard InChI is InChI=1S/C21H16N2O2/c1-21(2)14-8-3-4-10-16(14)22-17-11-6-12-18(23(24)25)19(17)13-7-5-9-15(21)20(13)22/h3-12H,1-2H3. The van der Waals surface area contributed by atoms with Gasteiger partial charge in [-0.05, 0) is 23.3 Å². The Morgan fingerprint density at radius 2 is 1.64 bits per heavy atom. The first-order chi connectivity index (χ1) is 12.0. The molecule has 25 heavy (non-hydrogen) atoms. The first-order valence-electron chi connectivity index (χ1n) is 8.32. The van der Waals surface area contributed by atoms with Crippen molar-refractivity contribution in [2.45, 2.75) is 19.3 Å². The van der Waals surface area contributed by atoms with Gasteiger partial charge in [0.1, 0.15) is 0 Å². The summed E-state index contributed by atoms with van der Waals surface area (Å²) in [6.45, 7) is 4.44. The summed E-state index contributed by atoms with van der Waals surface area (Å²) in [7, 11) is 0. The Bertz CT molecular complexity index is 1200. The van der Waals surface area contributed by atoms with Crippen LogP contribution in [-0.4, -0.2) is 9.49 Å². The summed E-state index contributed by atoms with van der Waals surface area (Å²) in [6, 6.07) is 19.8. The number of para-hydroxylation sites is 2. The average Bonchev–Trinajstić information content (AvgIpc) is 2.95. The second-order valence-electron chi connectivity index (χ2n) is 7.11. The number of hydrogen-bond donors (Lipinski definition) is 0. The van der Waals surface area contributed by atoms with Gasteiger partial charge in [0.15, 0.2) is 0 Å². The normalized spacial score (nSPS) is 14.6. The number of nitrogens with zero attached hydrogens (tertiary/aromatic N) is 2. The molecule has 1 aliphatic rings. The maximum atomic E-state index is 11.6. The van der Waals surface area contributed by atoms with E-state index in [-0.39, 0.29) is 16.0 Å². The highest BCUT2D eigenvalue weighted by atomic mass is 16.6. The number of fused-ring (bicyclic) bond motifs is 5. The Balaban J connectivity index is 2.13. The SMILES string of the molecule is CC1(C)c2ccccc2-n2c3cccc([N+](=O)[O-])c3c3cccc1c32. The molecule has 0 radical (unpaired) electrons. The molecular weight excluding hydrogens is 312 g/mol. The smallest absolute Gasteiger partial charge is 0.279 e. The van der Waals surface area contributed by atoms with Crippen LogP contribution in [0, 0.1) is 10.1 Å². The van der Waals surface area contributed by atoms with E-state index in [0.29, 0.717) is 0 Å². The summed E-state index contributed by atoms with van der Waals surface area (Å²) in [5.41, 5.74) is 5.51. The molecule has 0 aliphatic carbocycles. The van der Waals surface area contributed by atoms with Crippen LogP contribution in [0.2, 0.25) is 0 Å². The fourth-order valence-corrected chi connectivity index (χ4v) is 4.35. The van der Waals surface area contributed by atoms with Crippen molar-refractivity contribution in [2.75, 3.05) is 0 Å². The number of aromatic nitrogens is 1. The lowest BCUT2D eigenvalue weighted by Crippen LogP contribution is -2.26. The number of nitro benzene ring substituents is 1. The minimum Gasteiger partial charge on any atom is -0.308 e. The molecule has 0 amide bonds. The van der Waals surface area contributed by atoms with E-state index < -0.39 is 0 Å². The molecule has 1 aromatic heterocycles. The summed E-state index contributed by atoms with van der Waals surface area (Å²) in [4.78, 5) is 11.3. The molecule has 4 aromatic rings. The van der Waals surface area contributed by atoms with Crippen molar-refractivity contribution in [1.29, 1.82) is 0 Å². The van der Waals surface area contributed by atoms with E-state index in [1.54, 1.807) is 12.1 Å². The summed E-state index contributed by atoms with van der Waals surface area (Å²) in [6.07, 6.45) is 0. The number of nitro groups is 1. The van der Waals surface area contributed by atoms with Gasteiger partial charge in [-0.3, -0.25) is 10.1 Å². The molecule has 0 fully saturated rings. The van der Waals surface area contributed by atoms with Gasteiger partial charge in [0.2, 0.25) is 0 Å². The number of hydrogen-bond acceptors (Lipinski definition) is 2. The van der Waals surface area contributed by atoms with Gasteiger partial charge in [0.05, 0.1) is 27.0 Å². The zero-order valence-corrected chi connectivity index (χ0v) is 14.0. The second-order valence-corrected chi connectivity index (χ2v) is 7.11. The van der Waals surface area contributed by atoms with Crippen LogP contribution in [0.15, 0.2) is 60.7 Å². The van der Waals surface area contributed by atoms with Gasteiger partial charge in [0, 0.05) is 16.9 Å². The zero-order chi connectivity index (χ0) is 17.3. The Labute approximate surface area is 144 Å². The van der Waals surface area contributed by atoms with E-state index >= 15 is 0 Å². The van der Waals surface area contributed by atoms with E-state index in [4.69, 9.17) is 0 Å². The molecule has 0 saturated carbocycles. The first-order valence-corrected chi connectivity index (χ1v) is 8.32. The first kappa shape index (κ1) is 14.2. The molecule has 5 rings (SSSR count). The maximum absolute atomic E-state index is 11.6. The van der Waals surface area contributed by atoms with Crippen LogP contribution < -0.4 is 0 Å². The largest absolute Gasteiger partial charge is 0.308 e. The van der Waals surface area contributed by atoms with Crippen molar-refractivity contribution in [1.82, 2.24) is 4.57 Å². The fraction of sp³-hybridized carbons (Fsp3) is 0.143. The van der Waals surface area contributed by atoms with Gasteiger partial charge in [-0.15, -0.1) is 0 Å². The highest BCUT2D eigenvalue weighted by Crippen LogP contribution is 2.48. The summed E-state index contributed by atoms with van der Waals surface area (Å²) < 4.78 is 2.19. The lowest BCUT2D eigenvalue weighted by molar-refractivity contribution is -0.383. The van der Waals surface area contributed by atoms with Gasteiger partial charge < -0.3 is 4.57 Å². The quantitative estimate of drug-likeness (QED) is 0.350. The van der Waals surface area contributed by atoms with Crippen LogP contribution in [-0.2, 0) is 5.41 Å². The fourth-order valence-electron chi connectivity index (χ4n) is 4.35. The van der Waals surface area contributed by atoms with Crippen molar-refractivity contribution in [3.05, 3.63) is 81.9 Å². The predicted octanol–water partition coefficient (Wildman–Crippen LogP) is 5.33. The van der Waals surface area contributed by atoms with Crippen molar-refractivity contribution in [3.63, 3.8) is 0 Å². The minimum atomic E-state index is -0.284. The van der Waals surface area contributed by atoms with Crippen molar-refractivity contribution < 1.29 is 4.92 Å². The van der Waals surface area contributed by atoms with Gasteiger partial charge in [-0.25, -0.2) is 0 Å². The zero-order valence-electron chi connectivity index (χ0n) is 14.0. The monoisotopic (exact) mass is 328 g/mol. The topological polar surface area (TPSA) is 48.1 Å². The van der Waals surface area contributed by atoms with Crippen molar-refractivity contribution >= 4 is 27.5 Å². The molecular formula is C21H16N2O2. The molecule has 0 atom stereocenters. The molecule has 0 N–H and O–H groups in total. The molecule has 2 heterocycles. The number of benzene rings is 3. The minimum absolute atomic E-state index is 0.157. The molecule has 4 heteroatoms. The van der Waals surface area contributed by atoms with Crippen LogP contribution in [0.3, 0.4) is 0 Å². The Morgan fingerprint density at radius 3 is 2.44 bits per heavy atom. The molecule has 4 nitrogen and oxygen atoms in total. The van der Waals surface area contributed by atoms with E-state index in [0.717, 1.165) is 27.5 Å². The third kappa shape index (κ3) is 1.61. The van der Waals surface area contributed by atoms with E-state index in [1.807, 2.05) is 24.3 Å². The molecule has 0 spiro atoms. The highest BCUT2D eigenvalue weighted by molar-refractivity contribution is 6.15.